The van der Waals surface area contributed by atoms with Crippen molar-refractivity contribution in [2.75, 3.05) is 7.11 Å². The van der Waals surface area contributed by atoms with Crippen LogP contribution >= 0.6 is 34.8 Å². The minimum absolute atomic E-state index is 0.122. The summed E-state index contributed by atoms with van der Waals surface area (Å²) in [7, 11) is 1.45. The Morgan fingerprint density at radius 1 is 1.15 bits per heavy atom. The molecule has 0 radical (unpaired) electrons. The van der Waals surface area contributed by atoms with Crippen molar-refractivity contribution in [3.8, 4) is 17.0 Å². The smallest absolute Gasteiger partial charge is 0.354 e. The number of ether oxygens (including phenoxy) is 1. The Kier molecular flexibility index (Phi) is 4.38. The van der Waals surface area contributed by atoms with Crippen LogP contribution in [0.1, 0.15) is 10.5 Å². The maximum Gasteiger partial charge on any atom is 0.354 e. The van der Waals surface area contributed by atoms with Gasteiger partial charge < -0.3 is 9.84 Å². The number of carbonyl (C=O) groups is 1. The number of benzene rings is 1. The number of rotatable bonds is 3. The molecule has 0 aliphatic heterocycles. The molecule has 4 nitrogen and oxygen atoms in total. The van der Waals surface area contributed by atoms with E-state index in [1.54, 1.807) is 12.1 Å². The fraction of sp³-hybridized carbons (Fsp3) is 0.0769. The van der Waals surface area contributed by atoms with E-state index in [2.05, 4.69) is 4.98 Å². The second kappa shape index (κ2) is 5.87. The lowest BCUT2D eigenvalue weighted by Gasteiger charge is -2.11. The van der Waals surface area contributed by atoms with Gasteiger partial charge in [0.05, 0.1) is 22.2 Å². The lowest BCUT2D eigenvalue weighted by Crippen LogP contribution is -2.02. The molecule has 0 amide bonds. The number of carboxylic acids is 1. The molecule has 1 aromatic heterocycles. The van der Waals surface area contributed by atoms with Crippen LogP contribution in [0.15, 0.2) is 24.3 Å². The quantitative estimate of drug-likeness (QED) is 0.845. The molecule has 0 saturated heterocycles. The average Bonchev–Trinajstić information content (AvgIpc) is 2.44. The van der Waals surface area contributed by atoms with Gasteiger partial charge in [0.15, 0.2) is 0 Å². The van der Waals surface area contributed by atoms with Crippen LogP contribution in [0.3, 0.4) is 0 Å². The maximum absolute atomic E-state index is 11.0. The predicted octanol–water partition coefficient (Wildman–Crippen LogP) is 4.42. The van der Waals surface area contributed by atoms with Crippen LogP contribution in [-0.4, -0.2) is 23.2 Å². The molecule has 0 atom stereocenters. The topological polar surface area (TPSA) is 59.4 Å². The third-order valence-electron chi connectivity index (χ3n) is 2.59. The van der Waals surface area contributed by atoms with Crippen molar-refractivity contribution in [2.45, 2.75) is 0 Å². The van der Waals surface area contributed by atoms with Crippen molar-refractivity contribution in [3.63, 3.8) is 0 Å². The molecule has 2 aromatic rings. The minimum atomic E-state index is -1.15. The summed E-state index contributed by atoms with van der Waals surface area (Å²) in [5, 5.41) is 9.67. The SMILES string of the molecule is COc1ccc(C(=O)O)nc1-c1ccc(Cl)c(Cl)c1Cl. The molecule has 0 fully saturated rings. The van der Waals surface area contributed by atoms with Crippen molar-refractivity contribution in [2.24, 2.45) is 0 Å². The van der Waals surface area contributed by atoms with Crippen LogP contribution in [0.2, 0.25) is 15.1 Å². The Labute approximate surface area is 129 Å². The molecule has 7 heteroatoms. The summed E-state index contributed by atoms with van der Waals surface area (Å²) in [4.78, 5) is 15.0. The maximum atomic E-state index is 11.0. The summed E-state index contributed by atoms with van der Waals surface area (Å²) in [6.45, 7) is 0. The Hall–Kier alpha value is -1.49. The summed E-state index contributed by atoms with van der Waals surface area (Å²) >= 11 is 18.0. The largest absolute Gasteiger partial charge is 0.494 e. The van der Waals surface area contributed by atoms with Gasteiger partial charge in [0.25, 0.3) is 0 Å². The molecule has 1 N–H and O–H groups in total. The van der Waals surface area contributed by atoms with Crippen LogP contribution in [0, 0.1) is 0 Å². The van der Waals surface area contributed by atoms with E-state index in [1.165, 1.54) is 19.2 Å². The molecule has 1 heterocycles. The average molecular weight is 333 g/mol. The second-order valence-electron chi connectivity index (χ2n) is 3.78. The van der Waals surface area contributed by atoms with Gasteiger partial charge >= 0.3 is 5.97 Å². The molecule has 0 aliphatic rings. The zero-order valence-corrected chi connectivity index (χ0v) is 12.4. The van der Waals surface area contributed by atoms with Crippen LogP contribution in [-0.2, 0) is 0 Å². The molecular weight excluding hydrogens is 325 g/mol. The van der Waals surface area contributed by atoms with Gasteiger partial charge in [0.1, 0.15) is 17.1 Å². The van der Waals surface area contributed by atoms with Gasteiger partial charge in [-0.3, -0.25) is 0 Å². The fourth-order valence-electron chi connectivity index (χ4n) is 1.63. The van der Waals surface area contributed by atoms with E-state index < -0.39 is 5.97 Å². The van der Waals surface area contributed by atoms with Gasteiger partial charge in [-0.1, -0.05) is 34.8 Å². The van der Waals surface area contributed by atoms with Crippen LogP contribution in [0.25, 0.3) is 11.3 Å². The van der Waals surface area contributed by atoms with Crippen molar-refractivity contribution in [1.29, 1.82) is 0 Å². The number of carboxylic acid groups (broad SMARTS) is 1. The van der Waals surface area contributed by atoms with Gasteiger partial charge in [-0.2, -0.15) is 0 Å². The van der Waals surface area contributed by atoms with Gasteiger partial charge in [-0.15, -0.1) is 0 Å². The van der Waals surface area contributed by atoms with E-state index in [0.29, 0.717) is 16.3 Å². The number of nitrogens with zero attached hydrogens (tertiary/aromatic N) is 1. The zero-order valence-electron chi connectivity index (χ0n) is 10.2. The van der Waals surface area contributed by atoms with E-state index in [4.69, 9.17) is 44.6 Å². The van der Waals surface area contributed by atoms with E-state index in [-0.39, 0.29) is 21.4 Å². The Bertz CT molecular complexity index is 689. The molecular formula is C13H8Cl3NO3. The third-order valence-corrected chi connectivity index (χ3v) is 3.88. The molecule has 2 rings (SSSR count). The predicted molar refractivity (Wildman–Crippen MR) is 78.2 cm³/mol. The summed E-state index contributed by atoms with van der Waals surface area (Å²) in [5.74, 6) is -0.764. The number of pyridine rings is 1. The molecule has 0 saturated carbocycles. The Balaban J connectivity index is 2.70. The minimum Gasteiger partial charge on any atom is -0.494 e. The first-order valence-corrected chi connectivity index (χ1v) is 6.51. The first-order valence-electron chi connectivity index (χ1n) is 5.38. The van der Waals surface area contributed by atoms with Gasteiger partial charge in [-0.25, -0.2) is 9.78 Å². The highest BCUT2D eigenvalue weighted by atomic mass is 35.5. The highest BCUT2D eigenvalue weighted by Crippen LogP contribution is 2.40. The summed E-state index contributed by atoms with van der Waals surface area (Å²) in [5.41, 5.74) is 0.611. The highest BCUT2D eigenvalue weighted by molar-refractivity contribution is 6.49. The number of aromatic nitrogens is 1. The number of halogens is 3. The highest BCUT2D eigenvalue weighted by Gasteiger charge is 2.17. The number of hydrogen-bond acceptors (Lipinski definition) is 3. The fourth-order valence-corrected chi connectivity index (χ4v) is 2.26. The number of hydrogen-bond donors (Lipinski definition) is 1. The summed E-state index contributed by atoms with van der Waals surface area (Å²) < 4.78 is 5.17. The first-order chi connectivity index (χ1) is 9.45. The van der Waals surface area contributed by atoms with Gasteiger partial charge in [-0.05, 0) is 24.3 Å². The van der Waals surface area contributed by atoms with Crippen LogP contribution < -0.4 is 4.74 Å². The standard InChI is InChI=1S/C13H8Cl3NO3/c1-20-9-5-4-8(13(18)19)17-12(9)6-2-3-7(14)11(16)10(6)15/h2-5H,1H3,(H,18,19). The van der Waals surface area contributed by atoms with E-state index in [9.17, 15) is 4.79 Å². The summed E-state index contributed by atoms with van der Waals surface area (Å²) in [6, 6.07) is 6.01. The Morgan fingerprint density at radius 3 is 2.45 bits per heavy atom. The second-order valence-corrected chi connectivity index (χ2v) is 4.94. The lowest BCUT2D eigenvalue weighted by atomic mass is 10.1. The molecule has 0 spiro atoms. The van der Waals surface area contributed by atoms with Gasteiger partial charge in [0, 0.05) is 5.56 Å². The van der Waals surface area contributed by atoms with Crippen LogP contribution in [0.5, 0.6) is 5.75 Å². The third kappa shape index (κ3) is 2.68. The molecule has 0 aliphatic carbocycles. The molecule has 20 heavy (non-hydrogen) atoms. The Morgan fingerprint density at radius 2 is 1.85 bits per heavy atom. The van der Waals surface area contributed by atoms with Crippen molar-refractivity contribution in [1.82, 2.24) is 4.98 Å². The zero-order chi connectivity index (χ0) is 14.9. The number of aromatic carboxylic acids is 1. The van der Waals surface area contributed by atoms with E-state index in [1.807, 2.05) is 0 Å². The number of methoxy groups -OCH3 is 1. The van der Waals surface area contributed by atoms with Crippen molar-refractivity contribution < 1.29 is 14.6 Å². The van der Waals surface area contributed by atoms with Crippen molar-refractivity contribution in [3.05, 3.63) is 45.0 Å². The van der Waals surface area contributed by atoms with Crippen LogP contribution in [0.4, 0.5) is 0 Å². The normalized spacial score (nSPS) is 10.4. The van der Waals surface area contributed by atoms with E-state index in [0.717, 1.165) is 0 Å². The molecule has 104 valence electrons. The van der Waals surface area contributed by atoms with E-state index >= 15 is 0 Å². The summed E-state index contributed by atoms with van der Waals surface area (Å²) in [6.07, 6.45) is 0. The molecule has 0 bridgehead atoms. The lowest BCUT2D eigenvalue weighted by molar-refractivity contribution is 0.0690. The van der Waals surface area contributed by atoms with Crippen molar-refractivity contribution >= 4 is 40.8 Å². The molecule has 0 unspecified atom stereocenters. The monoisotopic (exact) mass is 331 g/mol. The first kappa shape index (κ1) is 14.9. The molecule has 1 aromatic carbocycles. The van der Waals surface area contributed by atoms with Gasteiger partial charge in [0.2, 0.25) is 0 Å².